The Balaban J connectivity index is 1.33. The molecule has 11 nitrogen and oxygen atoms in total. The Morgan fingerprint density at radius 1 is 0.933 bits per heavy atom. The second-order valence-corrected chi connectivity index (χ2v) is 11.1. The maximum atomic E-state index is 14.2. The summed E-state index contributed by atoms with van der Waals surface area (Å²) in [6, 6.07) is 28.0. The van der Waals surface area contributed by atoms with Gasteiger partial charge in [-0.25, -0.2) is 9.80 Å². The zero-order chi connectivity index (χ0) is 31.5. The van der Waals surface area contributed by atoms with E-state index < -0.39 is 18.2 Å². The summed E-state index contributed by atoms with van der Waals surface area (Å²) in [7, 11) is 0. The quantitative estimate of drug-likeness (QED) is 0.207. The number of nitrogens with one attached hydrogen (secondary N) is 1. The van der Waals surface area contributed by atoms with Crippen molar-refractivity contribution in [3.8, 4) is 17.6 Å². The lowest BCUT2D eigenvalue weighted by Gasteiger charge is -2.46. The minimum Gasteiger partial charge on any atom is -0.504 e. The smallest absolute Gasteiger partial charge is 0.333 e. The molecule has 11 heteroatoms. The van der Waals surface area contributed by atoms with Crippen LogP contribution in [0.15, 0.2) is 91.0 Å². The summed E-state index contributed by atoms with van der Waals surface area (Å²) in [5.41, 5.74) is 2.36. The lowest BCUT2D eigenvalue weighted by molar-refractivity contribution is -0.157. The van der Waals surface area contributed by atoms with Gasteiger partial charge in [0.05, 0.1) is 19.2 Å². The molecule has 0 aromatic heterocycles. The van der Waals surface area contributed by atoms with Crippen molar-refractivity contribution in [3.63, 3.8) is 0 Å². The molecule has 0 bridgehead atoms. The Hall–Kier alpha value is -5.60. The van der Waals surface area contributed by atoms with Crippen LogP contribution in [0.2, 0.25) is 0 Å². The number of carbonyl (C=O) groups excluding carboxylic acids is 3. The first kappa shape index (κ1) is 29.5. The van der Waals surface area contributed by atoms with E-state index in [1.165, 1.54) is 22.0 Å². The fourth-order valence-electron chi connectivity index (χ4n) is 6.16. The third-order valence-corrected chi connectivity index (χ3v) is 8.33. The first-order chi connectivity index (χ1) is 21.8. The Morgan fingerprint density at radius 3 is 2.47 bits per heavy atom. The van der Waals surface area contributed by atoms with Crippen LogP contribution < -0.4 is 5.32 Å². The van der Waals surface area contributed by atoms with Gasteiger partial charge in [0.2, 0.25) is 11.8 Å². The van der Waals surface area contributed by atoms with Gasteiger partial charge in [0.1, 0.15) is 18.8 Å². The predicted molar refractivity (Wildman–Crippen MR) is 165 cm³/mol. The molecule has 45 heavy (non-hydrogen) atoms. The van der Waals surface area contributed by atoms with E-state index in [0.717, 1.165) is 21.9 Å². The van der Waals surface area contributed by atoms with Gasteiger partial charge in [-0.1, -0.05) is 78.9 Å². The maximum absolute atomic E-state index is 14.2. The number of aromatic hydroxyl groups is 2. The molecule has 0 saturated carbocycles. The normalized spacial score (nSPS) is 18.1. The number of fused-ring (bicyclic) bond motifs is 2. The summed E-state index contributed by atoms with van der Waals surface area (Å²) >= 11 is 0. The molecule has 0 spiro atoms. The molecule has 2 heterocycles. The topological polar surface area (TPSA) is 140 Å². The summed E-state index contributed by atoms with van der Waals surface area (Å²) in [5.74, 6) is -1.25. The molecule has 228 valence electrons. The van der Waals surface area contributed by atoms with E-state index in [9.17, 15) is 29.9 Å². The highest BCUT2D eigenvalue weighted by Gasteiger charge is 2.52. The first-order valence-electron chi connectivity index (χ1n) is 14.6. The van der Waals surface area contributed by atoms with Gasteiger partial charge in [0, 0.05) is 19.5 Å². The average Bonchev–Trinajstić information content (AvgIpc) is 3.37. The molecule has 4 aromatic rings. The van der Waals surface area contributed by atoms with Gasteiger partial charge in [-0.15, -0.1) is 0 Å². The standard InChI is InChI=1S/C34H32N6O5/c35-15-16-38(34(45)36-19-23-7-2-1-3-8-23)39-22-32(43)40-28(17-24-13-14-29(41)30(42)18-24)33(44)37(21-31(39)40)20-26-11-6-10-25-9-4-5-12-27(25)26/h1-14,18,28,31,41-42H,16-17,19-22H2,(H,36,45)/t28-,31+/m0/s1. The minimum atomic E-state index is -0.948. The van der Waals surface area contributed by atoms with Gasteiger partial charge in [-0.2, -0.15) is 10.3 Å². The molecule has 4 amide bonds. The van der Waals surface area contributed by atoms with Gasteiger partial charge >= 0.3 is 6.03 Å². The Bertz CT molecular complexity index is 1790. The second kappa shape index (κ2) is 12.6. The van der Waals surface area contributed by atoms with E-state index in [1.807, 2.05) is 78.9 Å². The zero-order valence-corrected chi connectivity index (χ0v) is 24.4. The van der Waals surface area contributed by atoms with E-state index in [0.29, 0.717) is 5.56 Å². The SMILES string of the molecule is N#CCN(C(=O)NCc1ccccc1)N1CC(=O)N2[C@@H](Cc3ccc(O)c(O)c3)C(=O)N(Cc3cccc4ccccc34)C[C@@H]21. The molecular weight excluding hydrogens is 572 g/mol. The number of hydrogen-bond acceptors (Lipinski definition) is 7. The highest BCUT2D eigenvalue weighted by Crippen LogP contribution is 2.33. The van der Waals surface area contributed by atoms with Crippen LogP contribution in [-0.4, -0.2) is 79.7 Å². The van der Waals surface area contributed by atoms with Crippen LogP contribution in [0.3, 0.4) is 0 Å². The Labute approximate surface area is 260 Å². The third kappa shape index (κ3) is 5.96. The van der Waals surface area contributed by atoms with E-state index in [2.05, 4.69) is 5.32 Å². The van der Waals surface area contributed by atoms with E-state index in [-0.39, 0.29) is 62.5 Å². The number of piperazine rings is 1. The average molecular weight is 605 g/mol. The molecule has 2 fully saturated rings. The number of nitriles is 1. The third-order valence-electron chi connectivity index (χ3n) is 8.33. The van der Waals surface area contributed by atoms with Crippen LogP contribution in [0.25, 0.3) is 10.8 Å². The number of urea groups is 1. The van der Waals surface area contributed by atoms with Gasteiger partial charge in [-0.3, -0.25) is 9.59 Å². The molecule has 0 unspecified atom stereocenters. The monoisotopic (exact) mass is 604 g/mol. The first-order valence-corrected chi connectivity index (χ1v) is 14.6. The summed E-state index contributed by atoms with van der Waals surface area (Å²) < 4.78 is 0. The van der Waals surface area contributed by atoms with Crippen molar-refractivity contribution in [2.45, 2.75) is 31.7 Å². The molecule has 3 N–H and O–H groups in total. The molecule has 2 saturated heterocycles. The fraction of sp³-hybridized carbons (Fsp3) is 0.235. The second-order valence-electron chi connectivity index (χ2n) is 11.1. The molecule has 6 rings (SSSR count). The molecular formula is C34H32N6O5. The number of phenolic OH excluding ortho intramolecular Hbond substituents is 2. The van der Waals surface area contributed by atoms with Crippen LogP contribution in [0.1, 0.15) is 16.7 Å². The van der Waals surface area contributed by atoms with Crippen molar-refractivity contribution in [2.75, 3.05) is 19.6 Å². The van der Waals surface area contributed by atoms with Crippen LogP contribution in [0, 0.1) is 11.3 Å². The van der Waals surface area contributed by atoms with Crippen LogP contribution in [-0.2, 0) is 29.1 Å². The lowest BCUT2D eigenvalue weighted by atomic mass is 9.98. The van der Waals surface area contributed by atoms with Gasteiger partial charge in [0.15, 0.2) is 11.5 Å². The number of hydrazine groups is 1. The summed E-state index contributed by atoms with van der Waals surface area (Å²) in [6.45, 7) is 0.113. The van der Waals surface area contributed by atoms with Crippen LogP contribution >= 0.6 is 0 Å². The Morgan fingerprint density at radius 2 is 1.69 bits per heavy atom. The summed E-state index contributed by atoms with van der Waals surface area (Å²) in [4.78, 5) is 44.4. The summed E-state index contributed by atoms with van der Waals surface area (Å²) in [6.07, 6.45) is -0.649. The van der Waals surface area contributed by atoms with Crippen molar-refractivity contribution < 1.29 is 24.6 Å². The van der Waals surface area contributed by atoms with Gasteiger partial charge in [0.25, 0.3) is 0 Å². The summed E-state index contributed by atoms with van der Waals surface area (Å²) in [5, 5.41) is 37.3. The maximum Gasteiger partial charge on any atom is 0.333 e. The highest BCUT2D eigenvalue weighted by molar-refractivity contribution is 5.92. The van der Waals surface area contributed by atoms with E-state index >= 15 is 0 Å². The van der Waals surface area contributed by atoms with Crippen molar-refractivity contribution in [1.82, 2.24) is 25.1 Å². The van der Waals surface area contributed by atoms with Gasteiger partial charge in [-0.05, 0) is 39.6 Å². The van der Waals surface area contributed by atoms with Crippen molar-refractivity contribution in [3.05, 3.63) is 108 Å². The molecule has 0 radical (unpaired) electrons. The lowest BCUT2D eigenvalue weighted by Crippen LogP contribution is -2.66. The van der Waals surface area contributed by atoms with Crippen molar-refractivity contribution in [2.24, 2.45) is 0 Å². The van der Waals surface area contributed by atoms with Crippen molar-refractivity contribution in [1.29, 1.82) is 5.26 Å². The molecule has 2 aliphatic heterocycles. The predicted octanol–water partition coefficient (Wildman–Crippen LogP) is 3.33. The number of nitrogens with zero attached hydrogens (tertiary/aromatic N) is 5. The highest BCUT2D eigenvalue weighted by atomic mass is 16.3. The minimum absolute atomic E-state index is 0.0766. The Kier molecular flexibility index (Phi) is 8.22. The number of benzene rings is 4. The number of carbonyl (C=O) groups is 3. The van der Waals surface area contributed by atoms with Crippen molar-refractivity contribution >= 4 is 28.6 Å². The number of rotatable bonds is 8. The molecule has 0 aliphatic carbocycles. The number of phenols is 2. The zero-order valence-electron chi connectivity index (χ0n) is 24.4. The number of hydrogen-bond donors (Lipinski definition) is 3. The van der Waals surface area contributed by atoms with Crippen LogP contribution in [0.4, 0.5) is 4.79 Å². The van der Waals surface area contributed by atoms with E-state index in [4.69, 9.17) is 0 Å². The van der Waals surface area contributed by atoms with Gasteiger partial charge < -0.3 is 25.3 Å². The van der Waals surface area contributed by atoms with Crippen LogP contribution in [0.5, 0.6) is 11.5 Å². The molecule has 2 atom stereocenters. The van der Waals surface area contributed by atoms with E-state index in [1.54, 1.807) is 16.0 Å². The number of amides is 4. The fourth-order valence-corrected chi connectivity index (χ4v) is 6.16. The molecule has 4 aromatic carbocycles. The molecule has 2 aliphatic rings. The largest absolute Gasteiger partial charge is 0.504 e.